The Labute approximate surface area is 139 Å². The standard InChI is InChI=1S/C18H21NO3S/c1-13(17(20)12-14-6-4-3-5-7-14)19-18(21)15-8-10-16(11-9-15)23(2)22/h3-11,13,17,20H,12H2,1-2H3,(H,19,21). The highest BCUT2D eigenvalue weighted by Gasteiger charge is 2.18. The molecule has 0 spiro atoms. The van der Waals surface area contributed by atoms with Gasteiger partial charge in [0.15, 0.2) is 0 Å². The zero-order valence-corrected chi connectivity index (χ0v) is 14.0. The van der Waals surface area contributed by atoms with Crippen LogP contribution in [0.1, 0.15) is 22.8 Å². The molecule has 0 aromatic heterocycles. The lowest BCUT2D eigenvalue weighted by Crippen LogP contribution is -2.42. The molecule has 3 atom stereocenters. The van der Waals surface area contributed by atoms with E-state index in [4.69, 9.17) is 0 Å². The largest absolute Gasteiger partial charge is 0.391 e. The molecule has 0 radical (unpaired) electrons. The summed E-state index contributed by atoms with van der Waals surface area (Å²) < 4.78 is 11.3. The second-order valence-electron chi connectivity index (χ2n) is 5.50. The molecule has 23 heavy (non-hydrogen) atoms. The molecule has 4 nitrogen and oxygen atoms in total. The van der Waals surface area contributed by atoms with E-state index >= 15 is 0 Å². The molecule has 2 N–H and O–H groups in total. The van der Waals surface area contributed by atoms with Crippen molar-refractivity contribution in [3.63, 3.8) is 0 Å². The number of carbonyl (C=O) groups is 1. The lowest BCUT2D eigenvalue weighted by atomic mass is 10.0. The van der Waals surface area contributed by atoms with E-state index in [0.29, 0.717) is 16.9 Å². The van der Waals surface area contributed by atoms with Crippen LogP contribution in [0.4, 0.5) is 0 Å². The van der Waals surface area contributed by atoms with Crippen LogP contribution in [0.3, 0.4) is 0 Å². The van der Waals surface area contributed by atoms with Gasteiger partial charge in [0.25, 0.3) is 5.91 Å². The molecular weight excluding hydrogens is 310 g/mol. The van der Waals surface area contributed by atoms with E-state index in [2.05, 4.69) is 5.32 Å². The molecular formula is C18H21NO3S. The topological polar surface area (TPSA) is 66.4 Å². The first-order valence-corrected chi connectivity index (χ1v) is 8.99. The first kappa shape index (κ1) is 17.4. The first-order chi connectivity index (χ1) is 11.0. The maximum atomic E-state index is 12.2. The Morgan fingerprint density at radius 1 is 1.13 bits per heavy atom. The second kappa shape index (κ2) is 8.04. The quantitative estimate of drug-likeness (QED) is 0.852. The fourth-order valence-corrected chi connectivity index (χ4v) is 2.74. The fraction of sp³-hybridized carbons (Fsp3) is 0.278. The Kier molecular flexibility index (Phi) is 6.07. The molecule has 2 aromatic rings. The van der Waals surface area contributed by atoms with Crippen LogP contribution in [0, 0.1) is 0 Å². The van der Waals surface area contributed by atoms with Crippen molar-refractivity contribution >= 4 is 16.7 Å². The van der Waals surface area contributed by atoms with Crippen molar-refractivity contribution in [1.82, 2.24) is 5.32 Å². The highest BCUT2D eigenvalue weighted by molar-refractivity contribution is 7.84. The summed E-state index contributed by atoms with van der Waals surface area (Å²) in [4.78, 5) is 12.9. The fourth-order valence-electron chi connectivity index (χ4n) is 2.22. The molecule has 2 rings (SSSR count). The van der Waals surface area contributed by atoms with E-state index in [9.17, 15) is 14.1 Å². The van der Waals surface area contributed by atoms with E-state index in [-0.39, 0.29) is 11.9 Å². The highest BCUT2D eigenvalue weighted by Crippen LogP contribution is 2.09. The van der Waals surface area contributed by atoms with Gasteiger partial charge in [-0.1, -0.05) is 30.3 Å². The van der Waals surface area contributed by atoms with Gasteiger partial charge in [-0.3, -0.25) is 9.00 Å². The lowest BCUT2D eigenvalue weighted by Gasteiger charge is -2.20. The summed E-state index contributed by atoms with van der Waals surface area (Å²) in [5, 5.41) is 13.0. The Balaban J connectivity index is 1.94. The highest BCUT2D eigenvalue weighted by atomic mass is 32.2. The predicted octanol–water partition coefficient (Wildman–Crippen LogP) is 2.15. The molecule has 0 aliphatic heterocycles. The van der Waals surface area contributed by atoms with Crippen LogP contribution in [0.2, 0.25) is 0 Å². The van der Waals surface area contributed by atoms with Crippen LogP contribution in [-0.4, -0.2) is 33.6 Å². The predicted molar refractivity (Wildman–Crippen MR) is 91.9 cm³/mol. The monoisotopic (exact) mass is 331 g/mol. The summed E-state index contributed by atoms with van der Waals surface area (Å²) in [5.41, 5.74) is 1.51. The summed E-state index contributed by atoms with van der Waals surface area (Å²) in [7, 11) is -1.06. The van der Waals surface area contributed by atoms with E-state index in [1.54, 1.807) is 37.4 Å². The van der Waals surface area contributed by atoms with Crippen LogP contribution in [0.15, 0.2) is 59.5 Å². The minimum atomic E-state index is -1.06. The molecule has 0 bridgehead atoms. The third-order valence-corrected chi connectivity index (χ3v) is 4.61. The first-order valence-electron chi connectivity index (χ1n) is 7.43. The smallest absolute Gasteiger partial charge is 0.251 e. The number of hydrogen-bond acceptors (Lipinski definition) is 3. The average molecular weight is 331 g/mol. The minimum absolute atomic E-state index is 0.252. The van der Waals surface area contributed by atoms with E-state index in [1.165, 1.54) is 0 Å². The van der Waals surface area contributed by atoms with E-state index < -0.39 is 16.9 Å². The number of aliphatic hydroxyl groups is 1. The summed E-state index contributed by atoms with van der Waals surface area (Å²) >= 11 is 0. The summed E-state index contributed by atoms with van der Waals surface area (Å²) in [6, 6.07) is 15.9. The van der Waals surface area contributed by atoms with Crippen LogP contribution in [0.25, 0.3) is 0 Å². The molecule has 0 saturated heterocycles. The molecule has 2 aromatic carbocycles. The Bertz CT molecular complexity index is 670. The summed E-state index contributed by atoms with van der Waals surface area (Å²) in [5.74, 6) is -0.252. The van der Waals surface area contributed by atoms with Gasteiger partial charge >= 0.3 is 0 Å². The molecule has 3 unspecified atom stereocenters. The van der Waals surface area contributed by atoms with Gasteiger partial charge in [0, 0.05) is 33.9 Å². The molecule has 0 heterocycles. The van der Waals surface area contributed by atoms with E-state index in [0.717, 1.165) is 5.56 Å². The van der Waals surface area contributed by atoms with Crippen molar-refractivity contribution in [3.05, 3.63) is 65.7 Å². The van der Waals surface area contributed by atoms with Gasteiger partial charge in [-0.15, -0.1) is 0 Å². The Hall–Kier alpha value is -1.98. The zero-order chi connectivity index (χ0) is 16.8. The van der Waals surface area contributed by atoms with Gasteiger partial charge in [-0.05, 0) is 36.8 Å². The third-order valence-electron chi connectivity index (χ3n) is 3.67. The number of carbonyl (C=O) groups excluding carboxylic acids is 1. The van der Waals surface area contributed by atoms with Crippen LogP contribution in [-0.2, 0) is 17.2 Å². The number of nitrogens with one attached hydrogen (secondary N) is 1. The Morgan fingerprint density at radius 3 is 2.30 bits per heavy atom. The molecule has 0 aliphatic carbocycles. The van der Waals surface area contributed by atoms with Gasteiger partial charge in [-0.2, -0.15) is 0 Å². The van der Waals surface area contributed by atoms with Gasteiger partial charge in [0.05, 0.1) is 12.1 Å². The number of benzene rings is 2. The molecule has 1 amide bonds. The second-order valence-corrected chi connectivity index (χ2v) is 6.88. The zero-order valence-electron chi connectivity index (χ0n) is 13.2. The molecule has 0 aliphatic rings. The number of aliphatic hydroxyl groups excluding tert-OH is 1. The van der Waals surface area contributed by atoms with Gasteiger partial charge in [-0.25, -0.2) is 0 Å². The van der Waals surface area contributed by atoms with Crippen LogP contribution < -0.4 is 5.32 Å². The molecule has 5 heteroatoms. The van der Waals surface area contributed by atoms with Crippen molar-refractivity contribution in [1.29, 1.82) is 0 Å². The lowest BCUT2D eigenvalue weighted by molar-refractivity contribution is 0.0852. The normalized spacial score (nSPS) is 14.7. The van der Waals surface area contributed by atoms with E-state index in [1.807, 2.05) is 30.3 Å². The van der Waals surface area contributed by atoms with Crippen molar-refractivity contribution in [2.24, 2.45) is 0 Å². The van der Waals surface area contributed by atoms with Gasteiger partial charge in [0.2, 0.25) is 0 Å². The van der Waals surface area contributed by atoms with Gasteiger partial charge in [0.1, 0.15) is 0 Å². The molecule has 0 saturated carbocycles. The van der Waals surface area contributed by atoms with Gasteiger partial charge < -0.3 is 10.4 Å². The van der Waals surface area contributed by atoms with Crippen molar-refractivity contribution in [3.8, 4) is 0 Å². The average Bonchev–Trinajstić information content (AvgIpc) is 2.55. The van der Waals surface area contributed by atoms with Crippen molar-refractivity contribution in [2.75, 3.05) is 6.26 Å². The minimum Gasteiger partial charge on any atom is -0.391 e. The molecule has 122 valence electrons. The Morgan fingerprint density at radius 2 is 1.74 bits per heavy atom. The maximum absolute atomic E-state index is 12.2. The van der Waals surface area contributed by atoms with Crippen molar-refractivity contribution in [2.45, 2.75) is 30.4 Å². The maximum Gasteiger partial charge on any atom is 0.251 e. The van der Waals surface area contributed by atoms with Crippen LogP contribution in [0.5, 0.6) is 0 Å². The number of amides is 1. The summed E-state index contributed by atoms with van der Waals surface area (Å²) in [6.07, 6.45) is 1.41. The SMILES string of the molecule is CC(NC(=O)c1ccc(S(C)=O)cc1)C(O)Cc1ccccc1. The molecule has 0 fully saturated rings. The summed E-state index contributed by atoms with van der Waals surface area (Å²) in [6.45, 7) is 1.78. The third kappa shape index (κ3) is 5.01. The van der Waals surface area contributed by atoms with Crippen LogP contribution >= 0.6 is 0 Å². The van der Waals surface area contributed by atoms with Crippen molar-refractivity contribution < 1.29 is 14.1 Å². The number of rotatable bonds is 6. The number of hydrogen-bond donors (Lipinski definition) is 2.